The number of benzene rings is 1. The molecular formula is C21H20FN7S. The van der Waals surface area contributed by atoms with E-state index < -0.39 is 0 Å². The largest absolute Gasteiger partial charge is 0.384 e. The lowest BCUT2D eigenvalue weighted by molar-refractivity contribution is 0.247. The molecule has 0 saturated carbocycles. The van der Waals surface area contributed by atoms with Crippen LogP contribution in [0.1, 0.15) is 5.69 Å². The molecule has 4 heterocycles. The molecule has 4 aromatic rings. The predicted molar refractivity (Wildman–Crippen MR) is 117 cm³/mol. The van der Waals surface area contributed by atoms with E-state index in [-0.39, 0.29) is 5.82 Å². The molecule has 5 rings (SSSR count). The van der Waals surface area contributed by atoms with Crippen molar-refractivity contribution in [3.05, 3.63) is 59.6 Å². The molecule has 1 aromatic carbocycles. The van der Waals surface area contributed by atoms with Gasteiger partial charge in [-0.15, -0.1) is 11.3 Å². The highest BCUT2D eigenvalue weighted by Crippen LogP contribution is 2.26. The number of nitrogens with zero attached hydrogens (tertiary/aromatic N) is 6. The summed E-state index contributed by atoms with van der Waals surface area (Å²) >= 11 is 1.59. The fraction of sp³-hybridized carbons (Fsp3) is 0.238. The zero-order valence-electron chi connectivity index (χ0n) is 16.2. The number of anilines is 2. The van der Waals surface area contributed by atoms with E-state index in [1.807, 2.05) is 6.07 Å². The number of nitrogen functional groups attached to an aromatic ring is 1. The van der Waals surface area contributed by atoms with Crippen molar-refractivity contribution in [1.82, 2.24) is 24.8 Å². The molecule has 0 radical (unpaired) electrons. The molecule has 0 spiro atoms. The monoisotopic (exact) mass is 421 g/mol. The van der Waals surface area contributed by atoms with Gasteiger partial charge in [0.2, 0.25) is 0 Å². The minimum absolute atomic E-state index is 0.232. The normalized spacial score (nSPS) is 15.0. The van der Waals surface area contributed by atoms with Gasteiger partial charge in [-0.05, 0) is 36.4 Å². The molecule has 1 saturated heterocycles. The Balaban J connectivity index is 1.24. The molecule has 0 aliphatic carbocycles. The number of aromatic nitrogens is 4. The number of hydrogen-bond donors (Lipinski definition) is 1. The number of rotatable bonds is 4. The number of thiazole rings is 1. The van der Waals surface area contributed by atoms with E-state index in [0.29, 0.717) is 11.5 Å². The molecule has 1 aliphatic heterocycles. The van der Waals surface area contributed by atoms with Crippen LogP contribution in [0, 0.1) is 5.82 Å². The highest BCUT2D eigenvalue weighted by atomic mass is 32.1. The van der Waals surface area contributed by atoms with Crippen molar-refractivity contribution in [3.63, 3.8) is 0 Å². The van der Waals surface area contributed by atoms with Crippen LogP contribution < -0.4 is 10.6 Å². The Kier molecular flexibility index (Phi) is 4.97. The first-order valence-electron chi connectivity index (χ1n) is 9.70. The van der Waals surface area contributed by atoms with Crippen LogP contribution in [0.2, 0.25) is 0 Å². The SMILES string of the molecule is Nc1ccc2c(N3CCN(Cc4csc(-c5ccc(F)cc5)n4)CC3)ncnc2n1. The van der Waals surface area contributed by atoms with Crippen LogP contribution in [0.25, 0.3) is 21.6 Å². The van der Waals surface area contributed by atoms with Gasteiger partial charge in [0.15, 0.2) is 5.65 Å². The molecule has 1 aliphatic rings. The first kappa shape index (κ1) is 18.8. The number of piperazine rings is 1. The van der Waals surface area contributed by atoms with Gasteiger partial charge >= 0.3 is 0 Å². The van der Waals surface area contributed by atoms with Crippen LogP contribution in [-0.2, 0) is 6.54 Å². The molecule has 1 fully saturated rings. The van der Waals surface area contributed by atoms with Crippen molar-refractivity contribution in [2.24, 2.45) is 0 Å². The lowest BCUT2D eigenvalue weighted by Gasteiger charge is -2.35. The lowest BCUT2D eigenvalue weighted by atomic mass is 10.2. The number of nitrogens with two attached hydrogens (primary N) is 1. The highest BCUT2D eigenvalue weighted by Gasteiger charge is 2.21. The van der Waals surface area contributed by atoms with E-state index in [4.69, 9.17) is 10.7 Å². The first-order valence-corrected chi connectivity index (χ1v) is 10.6. The van der Waals surface area contributed by atoms with Crippen LogP contribution in [0.15, 0.2) is 48.1 Å². The van der Waals surface area contributed by atoms with Gasteiger partial charge in [0.05, 0.1) is 11.1 Å². The molecule has 0 unspecified atom stereocenters. The Morgan fingerprint density at radius 3 is 2.57 bits per heavy atom. The maximum Gasteiger partial charge on any atom is 0.166 e. The van der Waals surface area contributed by atoms with Crippen molar-refractivity contribution >= 4 is 34.0 Å². The van der Waals surface area contributed by atoms with Crippen molar-refractivity contribution in [1.29, 1.82) is 0 Å². The van der Waals surface area contributed by atoms with E-state index in [9.17, 15) is 4.39 Å². The maximum absolute atomic E-state index is 13.1. The third kappa shape index (κ3) is 3.81. The third-order valence-corrected chi connectivity index (χ3v) is 6.14. The Labute approximate surface area is 177 Å². The van der Waals surface area contributed by atoms with Crippen LogP contribution in [0.3, 0.4) is 0 Å². The Bertz CT molecular complexity index is 1170. The quantitative estimate of drug-likeness (QED) is 0.542. The lowest BCUT2D eigenvalue weighted by Crippen LogP contribution is -2.46. The first-order chi connectivity index (χ1) is 14.7. The zero-order valence-corrected chi connectivity index (χ0v) is 17.0. The molecule has 7 nitrogen and oxygen atoms in total. The summed E-state index contributed by atoms with van der Waals surface area (Å²) in [5, 5.41) is 3.92. The molecule has 9 heteroatoms. The fourth-order valence-corrected chi connectivity index (χ4v) is 4.46. The minimum atomic E-state index is -0.232. The van der Waals surface area contributed by atoms with Crippen molar-refractivity contribution < 1.29 is 4.39 Å². The van der Waals surface area contributed by atoms with E-state index in [1.165, 1.54) is 12.1 Å². The standard InChI is InChI=1S/C21H20FN7S/c22-15-3-1-14(2-4-15)21-26-16(12-30-21)11-28-7-9-29(10-8-28)20-17-5-6-18(23)27-19(17)24-13-25-20/h1-6,12-13H,7-11H2,(H2,23,24,25,27). The number of pyridine rings is 1. The van der Waals surface area contributed by atoms with Gasteiger partial charge in [-0.25, -0.2) is 24.3 Å². The van der Waals surface area contributed by atoms with Crippen molar-refractivity contribution in [2.75, 3.05) is 36.8 Å². The van der Waals surface area contributed by atoms with Gasteiger partial charge < -0.3 is 10.6 Å². The van der Waals surface area contributed by atoms with Crippen LogP contribution in [-0.4, -0.2) is 51.0 Å². The van der Waals surface area contributed by atoms with E-state index in [2.05, 4.69) is 30.1 Å². The number of hydrogen-bond acceptors (Lipinski definition) is 8. The second-order valence-corrected chi connectivity index (χ2v) is 8.08. The van der Waals surface area contributed by atoms with E-state index >= 15 is 0 Å². The Morgan fingerprint density at radius 1 is 0.967 bits per heavy atom. The van der Waals surface area contributed by atoms with Gasteiger partial charge in [-0.2, -0.15) is 0 Å². The molecular weight excluding hydrogens is 401 g/mol. The topological polar surface area (TPSA) is 84.1 Å². The second kappa shape index (κ2) is 7.92. The summed E-state index contributed by atoms with van der Waals surface area (Å²) < 4.78 is 13.1. The second-order valence-electron chi connectivity index (χ2n) is 7.22. The predicted octanol–water partition coefficient (Wildman–Crippen LogP) is 3.19. The van der Waals surface area contributed by atoms with Gasteiger partial charge in [-0.1, -0.05) is 0 Å². The van der Waals surface area contributed by atoms with Gasteiger partial charge in [0.1, 0.15) is 28.8 Å². The van der Waals surface area contributed by atoms with E-state index in [1.54, 1.807) is 35.9 Å². The Hall–Kier alpha value is -3.17. The maximum atomic E-state index is 13.1. The zero-order chi connectivity index (χ0) is 20.5. The summed E-state index contributed by atoms with van der Waals surface area (Å²) in [7, 11) is 0. The molecule has 152 valence electrons. The summed E-state index contributed by atoms with van der Waals surface area (Å²) in [6, 6.07) is 10.2. The third-order valence-electron chi connectivity index (χ3n) is 5.20. The average Bonchev–Trinajstić information content (AvgIpc) is 3.22. The van der Waals surface area contributed by atoms with Crippen LogP contribution in [0.4, 0.5) is 16.0 Å². The average molecular weight is 422 g/mol. The molecule has 0 atom stereocenters. The molecule has 0 bridgehead atoms. The van der Waals surface area contributed by atoms with Gasteiger partial charge in [0.25, 0.3) is 0 Å². The smallest absolute Gasteiger partial charge is 0.166 e. The summed E-state index contributed by atoms with van der Waals surface area (Å²) in [5.41, 5.74) is 8.39. The summed E-state index contributed by atoms with van der Waals surface area (Å²) in [5.74, 6) is 1.13. The number of fused-ring (bicyclic) bond motifs is 1. The molecule has 3 aromatic heterocycles. The molecule has 2 N–H and O–H groups in total. The fourth-order valence-electron chi connectivity index (χ4n) is 3.65. The summed E-state index contributed by atoms with van der Waals surface area (Å²) in [6.07, 6.45) is 1.54. The highest BCUT2D eigenvalue weighted by molar-refractivity contribution is 7.13. The summed E-state index contributed by atoms with van der Waals surface area (Å²) in [6.45, 7) is 4.36. The van der Waals surface area contributed by atoms with Gasteiger partial charge in [-0.3, -0.25) is 4.90 Å². The Morgan fingerprint density at radius 2 is 1.77 bits per heavy atom. The van der Waals surface area contributed by atoms with Crippen molar-refractivity contribution in [3.8, 4) is 10.6 Å². The van der Waals surface area contributed by atoms with E-state index in [0.717, 1.165) is 60.2 Å². The van der Waals surface area contributed by atoms with Crippen LogP contribution >= 0.6 is 11.3 Å². The van der Waals surface area contributed by atoms with Gasteiger partial charge in [0, 0.05) is 43.7 Å². The van der Waals surface area contributed by atoms with Crippen molar-refractivity contribution in [2.45, 2.75) is 6.54 Å². The number of halogens is 1. The minimum Gasteiger partial charge on any atom is -0.384 e. The molecule has 0 amide bonds. The molecule has 30 heavy (non-hydrogen) atoms. The van der Waals surface area contributed by atoms with Crippen LogP contribution in [0.5, 0.6) is 0 Å². The summed E-state index contributed by atoms with van der Waals surface area (Å²) in [4.78, 5) is 22.4.